The van der Waals surface area contributed by atoms with E-state index in [0.29, 0.717) is 0 Å². The lowest BCUT2D eigenvalue weighted by molar-refractivity contribution is -0.400. The molecule has 0 aliphatic rings. The second kappa shape index (κ2) is 11.4. The standard InChI is InChI=1S/C26H34N2S2/c1-9-23(17-27(7)25-19(3)13-11-14-20(25)4)29-30-24(10-2)18-28(8)26-21(5)15-12-16-22(26)6/h9-18H,1-8H3/q+2/b23-9+,24-10+,27-17?,28-18?. The molecule has 158 valence electrons. The molecule has 2 aromatic rings. The smallest absolute Gasteiger partial charge is 0.200 e. The number of nitrogens with zero attached hydrogens (tertiary/aromatic N) is 2. The van der Waals surface area contributed by atoms with Gasteiger partial charge in [0.1, 0.15) is 14.1 Å². The minimum Gasteiger partial charge on any atom is -0.200 e. The molecule has 0 aliphatic carbocycles. The van der Waals surface area contributed by atoms with E-state index in [4.69, 9.17) is 0 Å². The molecule has 0 radical (unpaired) electrons. The summed E-state index contributed by atoms with van der Waals surface area (Å²) in [5.74, 6) is 0. The van der Waals surface area contributed by atoms with Crippen molar-refractivity contribution in [2.45, 2.75) is 41.5 Å². The molecule has 0 spiro atoms. The fraction of sp³-hybridized carbons (Fsp3) is 0.308. The average molecular weight is 439 g/mol. The van der Waals surface area contributed by atoms with Gasteiger partial charge in [0.25, 0.3) is 0 Å². The number of allylic oxidation sites excluding steroid dienone is 4. The van der Waals surface area contributed by atoms with E-state index in [9.17, 15) is 0 Å². The fourth-order valence-corrected chi connectivity index (χ4v) is 5.82. The quantitative estimate of drug-likeness (QED) is 0.251. The van der Waals surface area contributed by atoms with Gasteiger partial charge in [0.05, 0.1) is 9.81 Å². The third kappa shape index (κ3) is 6.23. The molecule has 0 aliphatic heterocycles. The van der Waals surface area contributed by atoms with E-state index in [1.165, 1.54) is 43.4 Å². The Bertz CT molecular complexity index is 903. The van der Waals surface area contributed by atoms with Gasteiger partial charge in [0, 0.05) is 22.3 Å². The van der Waals surface area contributed by atoms with Crippen molar-refractivity contribution >= 4 is 45.4 Å². The summed E-state index contributed by atoms with van der Waals surface area (Å²) in [6.45, 7) is 12.9. The highest BCUT2D eigenvalue weighted by atomic mass is 33.1. The molecule has 2 nitrogen and oxygen atoms in total. The maximum absolute atomic E-state index is 2.23. The summed E-state index contributed by atoms with van der Waals surface area (Å²) in [6, 6.07) is 12.9. The summed E-state index contributed by atoms with van der Waals surface area (Å²) < 4.78 is 4.46. The van der Waals surface area contributed by atoms with Gasteiger partial charge in [-0.3, -0.25) is 0 Å². The van der Waals surface area contributed by atoms with E-state index in [1.54, 1.807) is 21.6 Å². The lowest BCUT2D eigenvalue weighted by atomic mass is 10.1. The fourth-order valence-electron chi connectivity index (χ4n) is 3.62. The number of benzene rings is 2. The third-order valence-electron chi connectivity index (χ3n) is 5.03. The maximum atomic E-state index is 2.23. The average Bonchev–Trinajstić information content (AvgIpc) is 2.69. The van der Waals surface area contributed by atoms with Gasteiger partial charge in [-0.15, -0.1) is 0 Å². The van der Waals surface area contributed by atoms with Crippen molar-refractivity contribution in [2.75, 3.05) is 14.1 Å². The highest BCUT2D eigenvalue weighted by Gasteiger charge is 2.15. The molecule has 2 rings (SSSR count). The Morgan fingerprint density at radius 3 is 1.20 bits per heavy atom. The molecule has 0 atom stereocenters. The molecule has 0 fully saturated rings. The van der Waals surface area contributed by atoms with Crippen LogP contribution in [-0.2, 0) is 0 Å². The molecule has 0 aromatic heterocycles. The van der Waals surface area contributed by atoms with Crippen LogP contribution in [0.4, 0.5) is 11.4 Å². The van der Waals surface area contributed by atoms with Crippen LogP contribution in [0.15, 0.2) is 58.4 Å². The van der Waals surface area contributed by atoms with Gasteiger partial charge < -0.3 is 0 Å². The number of hydrogen-bond donors (Lipinski definition) is 0. The zero-order chi connectivity index (χ0) is 22.3. The first-order valence-corrected chi connectivity index (χ1v) is 12.4. The summed E-state index contributed by atoms with van der Waals surface area (Å²) in [4.78, 5) is 2.46. The van der Waals surface area contributed by atoms with Crippen molar-refractivity contribution < 1.29 is 9.15 Å². The molecule has 0 saturated heterocycles. The highest BCUT2D eigenvalue weighted by Crippen LogP contribution is 2.35. The molecule has 0 unspecified atom stereocenters. The Morgan fingerprint density at radius 2 is 0.933 bits per heavy atom. The second-order valence-corrected chi connectivity index (χ2v) is 9.79. The van der Waals surface area contributed by atoms with Crippen LogP contribution in [0.1, 0.15) is 36.1 Å². The Hall–Kier alpha value is -2.04. The van der Waals surface area contributed by atoms with Crippen LogP contribution in [-0.4, -0.2) is 35.7 Å². The zero-order valence-electron chi connectivity index (χ0n) is 19.5. The van der Waals surface area contributed by atoms with Crippen LogP contribution in [0, 0.1) is 27.7 Å². The van der Waals surface area contributed by atoms with Crippen molar-refractivity contribution in [2.24, 2.45) is 0 Å². The third-order valence-corrected chi connectivity index (χ3v) is 7.58. The van der Waals surface area contributed by atoms with Gasteiger partial charge >= 0.3 is 0 Å². The van der Waals surface area contributed by atoms with Crippen LogP contribution in [0.5, 0.6) is 0 Å². The molecule has 0 N–H and O–H groups in total. The Labute approximate surface area is 190 Å². The Balaban J connectivity index is 2.19. The zero-order valence-corrected chi connectivity index (χ0v) is 21.1. The lowest BCUT2D eigenvalue weighted by Crippen LogP contribution is -2.05. The van der Waals surface area contributed by atoms with E-state index >= 15 is 0 Å². The Morgan fingerprint density at radius 1 is 0.633 bits per heavy atom. The SMILES string of the molecule is C/C=C(\C=[N+](C)c1c(C)cccc1C)SS/C(C=[N+](C)c1c(C)cccc1C)=C/C. The molecule has 0 bridgehead atoms. The highest BCUT2D eigenvalue weighted by molar-refractivity contribution is 8.80. The van der Waals surface area contributed by atoms with Gasteiger partial charge in [0.2, 0.25) is 11.4 Å². The van der Waals surface area contributed by atoms with Gasteiger partial charge in [0.15, 0.2) is 12.4 Å². The first-order chi connectivity index (χ1) is 14.3. The molecular formula is C26H34N2S2+2. The van der Waals surface area contributed by atoms with E-state index < -0.39 is 0 Å². The topological polar surface area (TPSA) is 6.02 Å². The van der Waals surface area contributed by atoms with E-state index in [2.05, 4.69) is 126 Å². The summed E-state index contributed by atoms with van der Waals surface area (Å²) >= 11 is 0. The normalized spacial score (nSPS) is 13.7. The van der Waals surface area contributed by atoms with Crippen molar-refractivity contribution in [3.05, 3.63) is 80.6 Å². The molecular weight excluding hydrogens is 404 g/mol. The van der Waals surface area contributed by atoms with Gasteiger partial charge in [-0.25, -0.2) is 0 Å². The van der Waals surface area contributed by atoms with Crippen molar-refractivity contribution in [1.29, 1.82) is 0 Å². The minimum absolute atomic E-state index is 1.23. The number of para-hydroxylation sites is 2. The van der Waals surface area contributed by atoms with E-state index in [-0.39, 0.29) is 0 Å². The van der Waals surface area contributed by atoms with Gasteiger partial charge in [-0.1, -0.05) is 48.6 Å². The van der Waals surface area contributed by atoms with Crippen molar-refractivity contribution in [1.82, 2.24) is 0 Å². The first kappa shape index (κ1) is 24.2. The molecule has 0 saturated carbocycles. The number of rotatable bonds is 7. The maximum Gasteiger partial charge on any atom is 0.210 e. The minimum atomic E-state index is 1.23. The van der Waals surface area contributed by atoms with Crippen molar-refractivity contribution in [3.63, 3.8) is 0 Å². The largest absolute Gasteiger partial charge is 0.210 e. The number of aryl methyl sites for hydroxylation is 4. The summed E-state index contributed by atoms with van der Waals surface area (Å²) in [7, 11) is 7.83. The van der Waals surface area contributed by atoms with Crippen LogP contribution >= 0.6 is 21.6 Å². The van der Waals surface area contributed by atoms with Crippen molar-refractivity contribution in [3.8, 4) is 0 Å². The predicted octanol–water partition coefficient (Wildman–Crippen LogP) is 7.50. The monoisotopic (exact) mass is 438 g/mol. The van der Waals surface area contributed by atoms with Gasteiger partial charge in [-0.2, -0.15) is 9.15 Å². The summed E-state index contributed by atoms with van der Waals surface area (Å²) in [5, 5.41) is 0. The van der Waals surface area contributed by atoms with Crippen LogP contribution in [0.3, 0.4) is 0 Å². The molecule has 0 heterocycles. The predicted molar refractivity (Wildman–Crippen MR) is 138 cm³/mol. The molecule has 0 amide bonds. The van der Waals surface area contributed by atoms with E-state index in [1.807, 2.05) is 0 Å². The van der Waals surface area contributed by atoms with Crippen LogP contribution < -0.4 is 0 Å². The van der Waals surface area contributed by atoms with Crippen LogP contribution in [0.25, 0.3) is 0 Å². The summed E-state index contributed by atoms with van der Waals surface area (Å²) in [5.41, 5.74) is 7.71. The van der Waals surface area contributed by atoms with Gasteiger partial charge in [-0.05, 0) is 63.1 Å². The van der Waals surface area contributed by atoms with E-state index in [0.717, 1.165) is 0 Å². The lowest BCUT2D eigenvalue weighted by Gasteiger charge is -2.07. The Kier molecular flexibility index (Phi) is 9.19. The molecule has 30 heavy (non-hydrogen) atoms. The van der Waals surface area contributed by atoms with Crippen LogP contribution in [0.2, 0.25) is 0 Å². The molecule has 2 aromatic carbocycles. The summed E-state index contributed by atoms with van der Waals surface area (Å²) in [6.07, 6.45) is 8.78. The second-order valence-electron chi connectivity index (χ2n) is 7.51. The number of hydrogen-bond acceptors (Lipinski definition) is 2. The molecule has 4 heteroatoms. The first-order valence-electron chi connectivity index (χ1n) is 10.2.